The van der Waals surface area contributed by atoms with Crippen molar-refractivity contribution in [1.29, 1.82) is 0 Å². The van der Waals surface area contributed by atoms with Crippen LogP contribution in [0, 0.1) is 0 Å². The number of hydrogen-bond acceptors (Lipinski definition) is 2. The minimum absolute atomic E-state index is 0.0754. The summed E-state index contributed by atoms with van der Waals surface area (Å²) >= 11 is 16.8. The van der Waals surface area contributed by atoms with Crippen molar-refractivity contribution in [1.82, 2.24) is 0 Å². The molecule has 18 heavy (non-hydrogen) atoms. The molecule has 0 radical (unpaired) electrons. The van der Waals surface area contributed by atoms with Gasteiger partial charge in [-0.1, -0.05) is 0 Å². The van der Waals surface area contributed by atoms with E-state index in [2.05, 4.69) is 4.74 Å². The largest absolute Gasteiger partial charge is 0.421 e. The van der Waals surface area contributed by atoms with Gasteiger partial charge in [0.25, 0.3) is 0 Å². The average molecular weight is 352 g/mol. The van der Waals surface area contributed by atoms with E-state index >= 15 is 0 Å². The summed E-state index contributed by atoms with van der Waals surface area (Å²) in [7, 11) is 0. The summed E-state index contributed by atoms with van der Waals surface area (Å²) in [5.41, 5.74) is 0. The fourth-order valence-electron chi connectivity index (χ4n) is 0.876. The lowest BCUT2D eigenvalue weighted by atomic mass is 10.4. The van der Waals surface area contributed by atoms with E-state index in [1.807, 2.05) is 0 Å². The van der Waals surface area contributed by atoms with Crippen LogP contribution in [0.1, 0.15) is 6.42 Å². The smallest absolute Gasteiger partial charge is 0.379 e. The predicted molar refractivity (Wildman–Crippen MR) is 65.3 cm³/mol. The first-order chi connectivity index (χ1) is 8.13. The normalized spacial score (nSPS) is 14.8. The van der Waals surface area contributed by atoms with Gasteiger partial charge in [-0.05, 0) is 12.5 Å². The molecule has 0 aromatic heterocycles. The molecule has 0 spiro atoms. The van der Waals surface area contributed by atoms with Crippen molar-refractivity contribution >= 4 is 39.2 Å². The van der Waals surface area contributed by atoms with Crippen LogP contribution in [0.4, 0.5) is 17.6 Å². The lowest BCUT2D eigenvalue weighted by Crippen LogP contribution is -2.29. The van der Waals surface area contributed by atoms with Gasteiger partial charge in [-0.2, -0.15) is 13.2 Å². The van der Waals surface area contributed by atoms with Crippen LogP contribution in [0.3, 0.4) is 0 Å². The minimum Gasteiger partial charge on any atom is -0.379 e. The number of halogens is 7. The Bertz CT molecular complexity index is 225. The first-order valence-corrected chi connectivity index (χ1v) is 10.3. The van der Waals surface area contributed by atoms with E-state index in [-0.39, 0.29) is 13.2 Å². The Morgan fingerprint density at radius 1 is 1.00 bits per heavy atom. The molecule has 0 bridgehead atoms. The van der Waals surface area contributed by atoms with Gasteiger partial charge in [-0.25, -0.2) is 4.39 Å². The summed E-state index contributed by atoms with van der Waals surface area (Å²) in [6.45, 7) is -0.732. The quantitative estimate of drug-likeness (QED) is 0.271. The fraction of sp³-hybridized carbons (Fsp3) is 1.00. The second-order valence-electron chi connectivity index (χ2n) is 3.42. The third-order valence-corrected chi connectivity index (χ3v) is 4.36. The Labute approximate surface area is 118 Å². The topological polar surface area (TPSA) is 18.5 Å². The van der Waals surface area contributed by atoms with Crippen molar-refractivity contribution in [3.63, 3.8) is 0 Å². The van der Waals surface area contributed by atoms with E-state index < -0.39 is 25.0 Å². The third-order valence-electron chi connectivity index (χ3n) is 1.74. The van der Waals surface area contributed by atoms with Crippen LogP contribution in [0.15, 0.2) is 0 Å². The standard InChI is InChI=1S/C8H13Cl3F4O2Si/c9-18(10,11)5-1-2-16-3-4-17-6-7(12)8(13,14)15/h7H,1-6H2. The third kappa shape index (κ3) is 11.8. The van der Waals surface area contributed by atoms with Crippen LogP contribution in [0.5, 0.6) is 0 Å². The second kappa shape index (κ2) is 8.81. The van der Waals surface area contributed by atoms with Crippen LogP contribution in [-0.4, -0.2) is 44.8 Å². The molecule has 0 heterocycles. The van der Waals surface area contributed by atoms with Crippen LogP contribution in [0.2, 0.25) is 6.04 Å². The van der Waals surface area contributed by atoms with Crippen molar-refractivity contribution < 1.29 is 27.0 Å². The molecule has 0 saturated heterocycles. The molecule has 1 unspecified atom stereocenters. The van der Waals surface area contributed by atoms with Gasteiger partial charge in [-0.3, -0.25) is 0 Å². The summed E-state index contributed by atoms with van der Waals surface area (Å²) in [6.07, 6.45) is -7.29. The summed E-state index contributed by atoms with van der Waals surface area (Å²) in [4.78, 5) is 0. The number of rotatable bonds is 9. The van der Waals surface area contributed by atoms with Gasteiger partial charge in [-0.15, -0.1) is 33.2 Å². The monoisotopic (exact) mass is 350 g/mol. The van der Waals surface area contributed by atoms with E-state index in [0.29, 0.717) is 19.1 Å². The van der Waals surface area contributed by atoms with E-state index in [1.54, 1.807) is 0 Å². The van der Waals surface area contributed by atoms with Crippen LogP contribution in [-0.2, 0) is 9.47 Å². The lowest BCUT2D eigenvalue weighted by molar-refractivity contribution is -0.194. The number of alkyl halides is 4. The summed E-state index contributed by atoms with van der Waals surface area (Å²) in [5, 5.41) is 0. The first kappa shape index (κ1) is 18.7. The maximum atomic E-state index is 12.3. The van der Waals surface area contributed by atoms with Crippen LogP contribution >= 0.6 is 33.2 Å². The van der Waals surface area contributed by atoms with Crippen LogP contribution in [0.25, 0.3) is 0 Å². The summed E-state index contributed by atoms with van der Waals surface area (Å²) < 4.78 is 57.0. The molecule has 0 amide bonds. The van der Waals surface area contributed by atoms with Gasteiger partial charge in [0.1, 0.15) is 0 Å². The van der Waals surface area contributed by atoms with Gasteiger partial charge in [0.2, 0.25) is 6.17 Å². The summed E-state index contributed by atoms with van der Waals surface area (Å²) in [5.74, 6) is 0. The highest BCUT2D eigenvalue weighted by Gasteiger charge is 2.40. The Kier molecular flexibility index (Phi) is 9.17. The maximum absolute atomic E-state index is 12.3. The predicted octanol–water partition coefficient (Wildman–Crippen LogP) is 3.97. The molecular weight excluding hydrogens is 339 g/mol. The molecule has 0 fully saturated rings. The minimum atomic E-state index is -4.88. The molecule has 0 aliphatic carbocycles. The van der Waals surface area contributed by atoms with Crippen molar-refractivity contribution in [2.24, 2.45) is 0 Å². The molecule has 2 nitrogen and oxygen atoms in total. The molecule has 10 heteroatoms. The van der Waals surface area contributed by atoms with Gasteiger partial charge in [0.15, 0.2) is 0 Å². The molecule has 0 aliphatic rings. The molecular formula is C8H13Cl3F4O2Si. The van der Waals surface area contributed by atoms with E-state index in [1.165, 1.54) is 0 Å². The van der Waals surface area contributed by atoms with Crippen molar-refractivity contribution in [2.75, 3.05) is 26.4 Å². The summed E-state index contributed by atoms with van der Waals surface area (Å²) in [6, 6.07) is -2.19. The van der Waals surface area contributed by atoms with E-state index in [4.69, 9.17) is 38.0 Å². The van der Waals surface area contributed by atoms with Crippen molar-refractivity contribution in [2.45, 2.75) is 24.8 Å². The van der Waals surface area contributed by atoms with E-state index in [9.17, 15) is 17.6 Å². The second-order valence-corrected chi connectivity index (χ2v) is 12.7. The maximum Gasteiger partial charge on any atom is 0.421 e. The zero-order valence-electron chi connectivity index (χ0n) is 9.28. The molecule has 0 saturated carbocycles. The Morgan fingerprint density at radius 3 is 2.06 bits per heavy atom. The zero-order valence-corrected chi connectivity index (χ0v) is 12.6. The van der Waals surface area contributed by atoms with Crippen molar-refractivity contribution in [3.05, 3.63) is 0 Å². The highest BCUT2D eigenvalue weighted by atomic mass is 35.8. The molecule has 110 valence electrons. The fourth-order valence-corrected chi connectivity index (χ4v) is 2.62. The molecule has 1 atom stereocenters. The molecule has 0 aliphatic heterocycles. The number of hydrogen-bond donors (Lipinski definition) is 0. The van der Waals surface area contributed by atoms with E-state index in [0.717, 1.165) is 0 Å². The van der Waals surface area contributed by atoms with Gasteiger partial charge in [0, 0.05) is 6.61 Å². The molecule has 0 aromatic rings. The SMILES string of the molecule is FC(COCCOCCC[Si](Cl)(Cl)Cl)C(F)(F)F. The zero-order chi connectivity index (χ0) is 14.2. The van der Waals surface area contributed by atoms with Gasteiger partial charge >= 0.3 is 12.2 Å². The molecule has 0 aromatic carbocycles. The average Bonchev–Trinajstić information content (AvgIpc) is 2.18. The Morgan fingerprint density at radius 2 is 1.56 bits per heavy atom. The van der Waals surface area contributed by atoms with Crippen LogP contribution < -0.4 is 0 Å². The highest BCUT2D eigenvalue weighted by Crippen LogP contribution is 2.26. The Hall–Kier alpha value is 0.727. The van der Waals surface area contributed by atoms with Crippen molar-refractivity contribution in [3.8, 4) is 0 Å². The first-order valence-electron chi connectivity index (χ1n) is 5.06. The van der Waals surface area contributed by atoms with Gasteiger partial charge < -0.3 is 9.47 Å². The highest BCUT2D eigenvalue weighted by molar-refractivity contribution is 7.64. The molecule has 0 rings (SSSR count). The number of ether oxygens (including phenoxy) is 2. The molecule has 0 N–H and O–H groups in total. The van der Waals surface area contributed by atoms with Gasteiger partial charge in [0.05, 0.1) is 19.8 Å². The lowest BCUT2D eigenvalue weighted by Gasteiger charge is -2.12. The Balaban J connectivity index is 3.32.